The largest absolute Gasteiger partial charge is 0.377 e. The number of hydrogen-bond acceptors (Lipinski definition) is 3. The van der Waals surface area contributed by atoms with Gasteiger partial charge in [0.2, 0.25) is 5.95 Å². The van der Waals surface area contributed by atoms with Crippen LogP contribution in [-0.4, -0.2) is 28.3 Å². The topological polar surface area (TPSA) is 39.1 Å². The van der Waals surface area contributed by atoms with Crippen LogP contribution in [0.25, 0.3) is 0 Å². The minimum Gasteiger partial charge on any atom is -0.377 e. The van der Waals surface area contributed by atoms with Crippen LogP contribution < -0.4 is 5.32 Å². The third-order valence-corrected chi connectivity index (χ3v) is 3.44. The van der Waals surface area contributed by atoms with Crippen LogP contribution in [0, 0.1) is 0 Å². The molecular weight excluding hydrogens is 226 g/mol. The molecule has 1 aromatic heterocycles. The molecule has 0 unspecified atom stereocenters. The number of aromatic nitrogens is 2. The van der Waals surface area contributed by atoms with Gasteiger partial charge < -0.3 is 14.6 Å². The minimum atomic E-state index is 0.295. The predicted molar refractivity (Wildman–Crippen MR) is 73.8 cm³/mol. The summed E-state index contributed by atoms with van der Waals surface area (Å²) in [6.45, 7) is 5.74. The van der Waals surface area contributed by atoms with Gasteiger partial charge in [0, 0.05) is 25.0 Å². The van der Waals surface area contributed by atoms with E-state index in [0.717, 1.165) is 19.1 Å². The molecule has 0 aromatic carbocycles. The zero-order chi connectivity index (χ0) is 12.8. The summed E-state index contributed by atoms with van der Waals surface area (Å²) >= 11 is 0. The molecule has 2 rings (SSSR count). The Kier molecular flexibility index (Phi) is 5.05. The van der Waals surface area contributed by atoms with Crippen molar-refractivity contribution in [2.45, 2.75) is 64.6 Å². The lowest BCUT2D eigenvalue weighted by atomic mass is 9.96. The van der Waals surface area contributed by atoms with Crippen LogP contribution >= 0.6 is 0 Å². The Bertz CT molecular complexity index is 343. The van der Waals surface area contributed by atoms with Crippen LogP contribution in [0.3, 0.4) is 0 Å². The molecule has 1 aliphatic carbocycles. The number of nitrogens with one attached hydrogen (secondary N) is 1. The second-order valence-corrected chi connectivity index (χ2v) is 5.34. The lowest BCUT2D eigenvalue weighted by molar-refractivity contribution is 0.0730. The van der Waals surface area contributed by atoms with Gasteiger partial charge in [-0.1, -0.05) is 19.3 Å². The van der Waals surface area contributed by atoms with E-state index in [1.165, 1.54) is 32.1 Å². The first kappa shape index (κ1) is 13.4. The molecule has 1 aromatic rings. The van der Waals surface area contributed by atoms with Gasteiger partial charge in [-0.2, -0.15) is 0 Å². The Morgan fingerprint density at radius 3 is 2.89 bits per heavy atom. The van der Waals surface area contributed by atoms with Gasteiger partial charge in [0.25, 0.3) is 0 Å². The lowest BCUT2D eigenvalue weighted by Gasteiger charge is -2.23. The first-order valence-corrected chi connectivity index (χ1v) is 7.15. The summed E-state index contributed by atoms with van der Waals surface area (Å²) in [4.78, 5) is 4.40. The molecule has 0 spiro atoms. The lowest BCUT2D eigenvalue weighted by Crippen LogP contribution is -2.24. The van der Waals surface area contributed by atoms with E-state index in [4.69, 9.17) is 4.74 Å². The SMILES string of the molecule is CC(C)OCCn1ccnc1NC1CCCCC1. The number of anilines is 1. The maximum absolute atomic E-state index is 5.58. The Labute approximate surface area is 110 Å². The zero-order valence-corrected chi connectivity index (χ0v) is 11.6. The minimum absolute atomic E-state index is 0.295. The normalized spacial score (nSPS) is 17.3. The van der Waals surface area contributed by atoms with Crippen molar-refractivity contribution in [2.75, 3.05) is 11.9 Å². The van der Waals surface area contributed by atoms with E-state index >= 15 is 0 Å². The molecule has 0 saturated heterocycles. The standard InChI is InChI=1S/C14H25N3O/c1-12(2)18-11-10-17-9-8-15-14(17)16-13-6-4-3-5-7-13/h8-9,12-13H,3-7,10-11H2,1-2H3,(H,15,16). The first-order chi connectivity index (χ1) is 8.75. The van der Waals surface area contributed by atoms with Crippen molar-refractivity contribution < 1.29 is 4.74 Å². The van der Waals surface area contributed by atoms with Crippen molar-refractivity contribution in [1.82, 2.24) is 9.55 Å². The molecule has 0 bridgehead atoms. The molecule has 1 saturated carbocycles. The highest BCUT2D eigenvalue weighted by Crippen LogP contribution is 2.20. The summed E-state index contributed by atoms with van der Waals surface area (Å²) < 4.78 is 7.73. The van der Waals surface area contributed by atoms with Gasteiger partial charge in [0.15, 0.2) is 0 Å². The molecule has 0 radical (unpaired) electrons. The maximum atomic E-state index is 5.58. The molecule has 4 nitrogen and oxygen atoms in total. The van der Waals surface area contributed by atoms with Crippen LogP contribution in [0.1, 0.15) is 46.0 Å². The second kappa shape index (κ2) is 6.78. The van der Waals surface area contributed by atoms with E-state index in [2.05, 4.69) is 28.7 Å². The van der Waals surface area contributed by atoms with Crippen molar-refractivity contribution in [2.24, 2.45) is 0 Å². The quantitative estimate of drug-likeness (QED) is 0.844. The van der Waals surface area contributed by atoms with Gasteiger partial charge in [0.05, 0.1) is 12.7 Å². The van der Waals surface area contributed by atoms with Gasteiger partial charge in [0.1, 0.15) is 0 Å². The molecule has 1 aliphatic rings. The molecule has 1 heterocycles. The van der Waals surface area contributed by atoms with E-state index < -0.39 is 0 Å². The smallest absolute Gasteiger partial charge is 0.203 e. The molecule has 18 heavy (non-hydrogen) atoms. The molecule has 0 amide bonds. The highest BCUT2D eigenvalue weighted by Gasteiger charge is 2.14. The van der Waals surface area contributed by atoms with E-state index in [-0.39, 0.29) is 0 Å². The van der Waals surface area contributed by atoms with Crippen LogP contribution in [0.5, 0.6) is 0 Å². The Hall–Kier alpha value is -1.03. The monoisotopic (exact) mass is 251 g/mol. The molecule has 0 atom stereocenters. The van der Waals surface area contributed by atoms with Gasteiger partial charge >= 0.3 is 0 Å². The number of ether oxygens (including phenoxy) is 1. The predicted octanol–water partition coefficient (Wildman–Crippen LogP) is 3.05. The zero-order valence-electron chi connectivity index (χ0n) is 11.6. The highest BCUT2D eigenvalue weighted by molar-refractivity contribution is 5.27. The molecule has 0 aliphatic heterocycles. The molecule has 4 heteroatoms. The number of rotatable bonds is 6. The fourth-order valence-corrected chi connectivity index (χ4v) is 2.45. The third kappa shape index (κ3) is 4.02. The van der Waals surface area contributed by atoms with Crippen LogP contribution in [0.2, 0.25) is 0 Å². The van der Waals surface area contributed by atoms with Crippen molar-refractivity contribution in [1.29, 1.82) is 0 Å². The Morgan fingerprint density at radius 2 is 2.17 bits per heavy atom. The number of imidazole rings is 1. The summed E-state index contributed by atoms with van der Waals surface area (Å²) in [5, 5.41) is 3.56. The van der Waals surface area contributed by atoms with Gasteiger partial charge in [-0.15, -0.1) is 0 Å². The van der Waals surface area contributed by atoms with Crippen molar-refractivity contribution in [3.8, 4) is 0 Å². The third-order valence-electron chi connectivity index (χ3n) is 3.44. The highest BCUT2D eigenvalue weighted by atomic mass is 16.5. The fourth-order valence-electron chi connectivity index (χ4n) is 2.45. The van der Waals surface area contributed by atoms with Gasteiger partial charge in [-0.25, -0.2) is 4.98 Å². The summed E-state index contributed by atoms with van der Waals surface area (Å²) in [6.07, 6.45) is 10.8. The summed E-state index contributed by atoms with van der Waals surface area (Å²) in [6, 6.07) is 0.603. The summed E-state index contributed by atoms with van der Waals surface area (Å²) in [7, 11) is 0. The maximum Gasteiger partial charge on any atom is 0.203 e. The van der Waals surface area contributed by atoms with Crippen molar-refractivity contribution >= 4 is 5.95 Å². The van der Waals surface area contributed by atoms with Crippen molar-refractivity contribution in [3.63, 3.8) is 0 Å². The average molecular weight is 251 g/mol. The van der Waals surface area contributed by atoms with Crippen LogP contribution in [0.4, 0.5) is 5.95 Å². The number of nitrogens with zero attached hydrogens (tertiary/aromatic N) is 2. The summed E-state index contributed by atoms with van der Waals surface area (Å²) in [5.74, 6) is 0.995. The van der Waals surface area contributed by atoms with Gasteiger partial charge in [-0.05, 0) is 26.7 Å². The van der Waals surface area contributed by atoms with Crippen LogP contribution in [-0.2, 0) is 11.3 Å². The van der Waals surface area contributed by atoms with E-state index in [0.29, 0.717) is 12.1 Å². The van der Waals surface area contributed by atoms with E-state index in [9.17, 15) is 0 Å². The van der Waals surface area contributed by atoms with Crippen LogP contribution in [0.15, 0.2) is 12.4 Å². The average Bonchev–Trinajstić information content (AvgIpc) is 2.78. The first-order valence-electron chi connectivity index (χ1n) is 7.15. The summed E-state index contributed by atoms with van der Waals surface area (Å²) in [5.41, 5.74) is 0. The van der Waals surface area contributed by atoms with Crippen molar-refractivity contribution in [3.05, 3.63) is 12.4 Å². The fraction of sp³-hybridized carbons (Fsp3) is 0.786. The van der Waals surface area contributed by atoms with E-state index in [1.54, 1.807) is 0 Å². The Morgan fingerprint density at radius 1 is 1.39 bits per heavy atom. The second-order valence-electron chi connectivity index (χ2n) is 5.34. The van der Waals surface area contributed by atoms with E-state index in [1.807, 2.05) is 12.4 Å². The molecule has 102 valence electrons. The number of hydrogen-bond donors (Lipinski definition) is 1. The molecule has 1 fully saturated rings. The molecular formula is C14H25N3O. The molecule has 1 N–H and O–H groups in total. The Balaban J connectivity index is 1.82. The van der Waals surface area contributed by atoms with Gasteiger partial charge in [-0.3, -0.25) is 0 Å².